The number of aromatic nitrogens is 4. The number of nitrogens with one attached hydrogen (secondary N) is 1. The van der Waals surface area contributed by atoms with Crippen LogP contribution < -0.4 is 10.9 Å². The molecule has 3 aromatic rings. The molecule has 2 heterocycles. The molecule has 4 atom stereocenters. The van der Waals surface area contributed by atoms with Crippen molar-refractivity contribution in [1.82, 2.24) is 24.5 Å². The maximum atomic E-state index is 12.9. The van der Waals surface area contributed by atoms with Crippen molar-refractivity contribution in [3.05, 3.63) is 34.6 Å². The van der Waals surface area contributed by atoms with Crippen LogP contribution in [-0.2, 0) is 11.3 Å². The second kappa shape index (κ2) is 8.30. The normalized spacial score (nSPS) is 23.6. The second-order valence-electron chi connectivity index (χ2n) is 9.08. The minimum Gasteiger partial charge on any atom is -0.353 e. The van der Waals surface area contributed by atoms with Gasteiger partial charge in [-0.1, -0.05) is 37.2 Å². The average Bonchev–Trinajstić information content (AvgIpc) is 3.51. The molecule has 0 radical (unpaired) electrons. The van der Waals surface area contributed by atoms with Crippen LogP contribution in [0.25, 0.3) is 16.7 Å². The van der Waals surface area contributed by atoms with Gasteiger partial charge in [0.2, 0.25) is 11.7 Å². The fourth-order valence-corrected chi connectivity index (χ4v) is 6.44. The van der Waals surface area contributed by atoms with Crippen LogP contribution in [0.2, 0.25) is 0 Å². The molecule has 31 heavy (non-hydrogen) atoms. The van der Waals surface area contributed by atoms with Gasteiger partial charge in [0.25, 0.3) is 5.56 Å². The third kappa shape index (κ3) is 3.64. The number of benzene rings is 1. The van der Waals surface area contributed by atoms with Crippen molar-refractivity contribution in [3.63, 3.8) is 0 Å². The molecule has 0 aliphatic heterocycles. The van der Waals surface area contributed by atoms with Gasteiger partial charge in [0.05, 0.1) is 16.7 Å². The summed E-state index contributed by atoms with van der Waals surface area (Å²) >= 11 is 1.37. The van der Waals surface area contributed by atoms with Crippen LogP contribution in [-0.4, -0.2) is 36.9 Å². The van der Waals surface area contributed by atoms with Crippen molar-refractivity contribution < 1.29 is 4.79 Å². The summed E-state index contributed by atoms with van der Waals surface area (Å²) in [5.74, 6) is 3.13. The average molecular weight is 440 g/mol. The molecule has 5 rings (SSSR count). The molecule has 2 aromatic heterocycles. The molecule has 2 aliphatic carbocycles. The molecule has 2 aliphatic rings. The number of fused-ring (bicyclic) bond motifs is 5. The van der Waals surface area contributed by atoms with Crippen LogP contribution in [0.3, 0.4) is 0 Å². The predicted octanol–water partition coefficient (Wildman–Crippen LogP) is 3.49. The number of hydrogen-bond donors (Lipinski definition) is 1. The molecular weight excluding hydrogens is 410 g/mol. The van der Waals surface area contributed by atoms with E-state index in [4.69, 9.17) is 0 Å². The molecule has 164 valence electrons. The number of thioether (sulfide) groups is 1. The van der Waals surface area contributed by atoms with Gasteiger partial charge in [-0.05, 0) is 62.5 Å². The summed E-state index contributed by atoms with van der Waals surface area (Å²) in [5.41, 5.74) is 0.726. The van der Waals surface area contributed by atoms with E-state index in [1.807, 2.05) is 35.6 Å². The Hall–Kier alpha value is -2.35. The standard InChI is InChI=1S/C23H29N5O2S/c1-3-10-27-21(30)17-6-4-5-7-19(17)28-22(27)25-26-23(28)31-13-20(29)24-14(2)18-12-15-8-9-16(18)11-15/h4-7,14-16,18H,3,8-13H2,1-2H3,(H,24,29). The molecule has 1 N–H and O–H groups in total. The third-order valence-corrected chi connectivity index (χ3v) is 8.01. The summed E-state index contributed by atoms with van der Waals surface area (Å²) in [5, 5.41) is 13.1. The van der Waals surface area contributed by atoms with Crippen molar-refractivity contribution in [1.29, 1.82) is 0 Å². The second-order valence-corrected chi connectivity index (χ2v) is 10.0. The first kappa shape index (κ1) is 20.5. The van der Waals surface area contributed by atoms with Crippen molar-refractivity contribution in [3.8, 4) is 0 Å². The molecule has 0 spiro atoms. The van der Waals surface area contributed by atoms with E-state index in [1.165, 1.54) is 37.4 Å². The third-order valence-electron chi connectivity index (χ3n) is 7.08. The van der Waals surface area contributed by atoms with E-state index in [2.05, 4.69) is 22.4 Å². The highest BCUT2D eigenvalue weighted by molar-refractivity contribution is 7.99. The number of carbonyl (C=O) groups excluding carboxylic acids is 1. The van der Waals surface area contributed by atoms with E-state index >= 15 is 0 Å². The van der Waals surface area contributed by atoms with Crippen molar-refractivity contribution >= 4 is 34.3 Å². The number of rotatable bonds is 7. The van der Waals surface area contributed by atoms with Gasteiger partial charge >= 0.3 is 0 Å². The quantitative estimate of drug-likeness (QED) is 0.570. The molecule has 2 bridgehead atoms. The van der Waals surface area contributed by atoms with Gasteiger partial charge < -0.3 is 5.32 Å². The topological polar surface area (TPSA) is 81.3 Å². The highest BCUT2D eigenvalue weighted by Crippen LogP contribution is 2.49. The molecule has 1 aromatic carbocycles. The van der Waals surface area contributed by atoms with Crippen LogP contribution in [0.1, 0.15) is 46.0 Å². The molecule has 8 heteroatoms. The molecule has 4 unspecified atom stereocenters. The molecular formula is C23H29N5O2S. The van der Waals surface area contributed by atoms with Gasteiger partial charge in [0.1, 0.15) is 0 Å². The molecule has 7 nitrogen and oxygen atoms in total. The first-order valence-corrected chi connectivity index (χ1v) is 12.3. The zero-order valence-corrected chi connectivity index (χ0v) is 18.9. The lowest BCUT2D eigenvalue weighted by molar-refractivity contribution is -0.119. The Morgan fingerprint density at radius 1 is 1.26 bits per heavy atom. The zero-order chi connectivity index (χ0) is 21.5. The molecule has 2 fully saturated rings. The van der Waals surface area contributed by atoms with Crippen LogP contribution in [0.15, 0.2) is 34.2 Å². The van der Waals surface area contributed by atoms with Crippen molar-refractivity contribution in [2.75, 3.05) is 5.75 Å². The first-order valence-electron chi connectivity index (χ1n) is 11.4. The lowest BCUT2D eigenvalue weighted by Gasteiger charge is -2.28. The van der Waals surface area contributed by atoms with Crippen LogP contribution in [0.5, 0.6) is 0 Å². The summed E-state index contributed by atoms with van der Waals surface area (Å²) in [4.78, 5) is 25.6. The predicted molar refractivity (Wildman–Crippen MR) is 122 cm³/mol. The van der Waals surface area contributed by atoms with E-state index in [1.54, 1.807) is 4.57 Å². The van der Waals surface area contributed by atoms with Gasteiger partial charge in [-0.15, -0.1) is 10.2 Å². The maximum absolute atomic E-state index is 12.9. The number of hydrogen-bond acceptors (Lipinski definition) is 5. The number of carbonyl (C=O) groups is 1. The summed E-state index contributed by atoms with van der Waals surface area (Å²) in [6, 6.07) is 7.73. The summed E-state index contributed by atoms with van der Waals surface area (Å²) < 4.78 is 3.58. The smallest absolute Gasteiger partial charge is 0.262 e. The Balaban J connectivity index is 1.36. The van der Waals surface area contributed by atoms with Gasteiger partial charge in [-0.3, -0.25) is 18.6 Å². The monoisotopic (exact) mass is 439 g/mol. The van der Waals surface area contributed by atoms with Gasteiger partial charge in [-0.2, -0.15) is 0 Å². The SMILES string of the molecule is CCCn1c(=O)c2ccccc2n2c(SCC(=O)NC(C)C3CC4CCC3C4)nnc12. The minimum atomic E-state index is -0.0497. The van der Waals surface area contributed by atoms with Crippen molar-refractivity contribution in [2.45, 2.75) is 63.7 Å². The molecule has 1 amide bonds. The number of aryl methyl sites for hydroxylation is 1. The first-order chi connectivity index (χ1) is 15.1. The van der Waals surface area contributed by atoms with Gasteiger partial charge in [-0.25, -0.2) is 0 Å². The number of nitrogens with zero attached hydrogens (tertiary/aromatic N) is 4. The lowest BCUT2D eigenvalue weighted by atomic mass is 9.84. The van der Waals surface area contributed by atoms with Crippen molar-refractivity contribution in [2.24, 2.45) is 17.8 Å². The summed E-state index contributed by atoms with van der Waals surface area (Å²) in [6.07, 6.45) is 6.12. The highest BCUT2D eigenvalue weighted by atomic mass is 32.2. The maximum Gasteiger partial charge on any atom is 0.262 e. The van der Waals surface area contributed by atoms with Crippen LogP contribution >= 0.6 is 11.8 Å². The lowest BCUT2D eigenvalue weighted by Crippen LogP contribution is -2.40. The van der Waals surface area contributed by atoms with Crippen LogP contribution in [0.4, 0.5) is 0 Å². The fraction of sp³-hybridized carbons (Fsp3) is 0.565. The van der Waals surface area contributed by atoms with E-state index in [-0.39, 0.29) is 23.3 Å². The molecule has 0 saturated heterocycles. The van der Waals surface area contributed by atoms with Gasteiger partial charge in [0, 0.05) is 12.6 Å². The van der Waals surface area contributed by atoms with E-state index in [0.717, 1.165) is 23.8 Å². The Kier molecular flexibility index (Phi) is 5.50. The Bertz CT molecular complexity index is 1190. The number of amides is 1. The Morgan fingerprint density at radius 3 is 2.84 bits per heavy atom. The van der Waals surface area contributed by atoms with Crippen LogP contribution in [0, 0.1) is 17.8 Å². The Morgan fingerprint density at radius 2 is 2.10 bits per heavy atom. The number of para-hydroxylation sites is 1. The van der Waals surface area contributed by atoms with E-state index in [0.29, 0.717) is 28.8 Å². The largest absolute Gasteiger partial charge is 0.353 e. The van der Waals surface area contributed by atoms with E-state index < -0.39 is 0 Å². The fourth-order valence-electron chi connectivity index (χ4n) is 5.69. The highest BCUT2D eigenvalue weighted by Gasteiger charge is 2.42. The zero-order valence-electron chi connectivity index (χ0n) is 18.1. The summed E-state index contributed by atoms with van der Waals surface area (Å²) in [6.45, 7) is 4.76. The van der Waals surface area contributed by atoms with Gasteiger partial charge in [0.15, 0.2) is 5.16 Å². The van der Waals surface area contributed by atoms with E-state index in [9.17, 15) is 9.59 Å². The molecule has 2 saturated carbocycles. The Labute approximate surface area is 185 Å². The minimum absolute atomic E-state index is 0.0307. The summed E-state index contributed by atoms with van der Waals surface area (Å²) in [7, 11) is 0.